The van der Waals surface area contributed by atoms with E-state index in [9.17, 15) is 5.11 Å². The summed E-state index contributed by atoms with van der Waals surface area (Å²) in [6.45, 7) is 4.89. The van der Waals surface area contributed by atoms with E-state index in [-0.39, 0.29) is 0 Å². The van der Waals surface area contributed by atoms with Crippen LogP contribution in [0.4, 0.5) is 0 Å². The van der Waals surface area contributed by atoms with Gasteiger partial charge in [-0.05, 0) is 6.42 Å². The standard InChI is InChI=1S/C16H31NO2S/c1-3-5-6-7-8-9-11-19-15-16(18)14-17-10-13-20-12-4-2/h2,16-18H,3,5-15H2,1H3. The Balaban J connectivity index is 3.12. The quantitative estimate of drug-likeness (QED) is 0.360. The molecule has 0 radical (unpaired) electrons. The molecule has 20 heavy (non-hydrogen) atoms. The number of ether oxygens (including phenoxy) is 1. The molecule has 118 valence electrons. The Labute approximate surface area is 129 Å². The van der Waals surface area contributed by atoms with Gasteiger partial charge >= 0.3 is 0 Å². The zero-order chi connectivity index (χ0) is 14.9. The second-order valence-electron chi connectivity index (χ2n) is 4.96. The highest BCUT2D eigenvalue weighted by Gasteiger charge is 2.03. The maximum atomic E-state index is 9.70. The molecule has 0 spiro atoms. The van der Waals surface area contributed by atoms with Crippen LogP contribution < -0.4 is 5.32 Å². The van der Waals surface area contributed by atoms with Gasteiger partial charge in [0.25, 0.3) is 0 Å². The van der Waals surface area contributed by atoms with Crippen molar-refractivity contribution in [3.05, 3.63) is 0 Å². The third-order valence-corrected chi connectivity index (χ3v) is 3.80. The number of hydrogen-bond donors (Lipinski definition) is 2. The fourth-order valence-corrected chi connectivity index (χ4v) is 2.36. The first-order valence-electron chi connectivity index (χ1n) is 7.79. The van der Waals surface area contributed by atoms with Gasteiger partial charge in [0.2, 0.25) is 0 Å². The lowest BCUT2D eigenvalue weighted by Crippen LogP contribution is -2.31. The van der Waals surface area contributed by atoms with Crippen LogP contribution in [0.3, 0.4) is 0 Å². The zero-order valence-electron chi connectivity index (χ0n) is 12.9. The Hall–Kier alpha value is -0.210. The lowest BCUT2D eigenvalue weighted by atomic mass is 10.1. The number of terminal acetylenes is 1. The molecular weight excluding hydrogens is 270 g/mol. The summed E-state index contributed by atoms with van der Waals surface area (Å²) < 4.78 is 5.48. The molecule has 0 bridgehead atoms. The van der Waals surface area contributed by atoms with Crippen LogP contribution in [0.25, 0.3) is 0 Å². The first-order valence-corrected chi connectivity index (χ1v) is 8.94. The van der Waals surface area contributed by atoms with Gasteiger partial charge in [-0.1, -0.05) is 44.9 Å². The van der Waals surface area contributed by atoms with Gasteiger partial charge in [-0.15, -0.1) is 18.2 Å². The molecule has 0 aromatic rings. The smallest absolute Gasteiger partial charge is 0.0897 e. The lowest BCUT2D eigenvalue weighted by molar-refractivity contribution is 0.0357. The number of hydrogen-bond acceptors (Lipinski definition) is 4. The number of nitrogens with one attached hydrogen (secondary N) is 1. The van der Waals surface area contributed by atoms with Crippen LogP contribution in [0.15, 0.2) is 0 Å². The largest absolute Gasteiger partial charge is 0.389 e. The molecule has 0 aromatic carbocycles. The molecule has 0 aliphatic heterocycles. The molecule has 1 unspecified atom stereocenters. The number of thioether (sulfide) groups is 1. The molecule has 4 heteroatoms. The van der Waals surface area contributed by atoms with Gasteiger partial charge < -0.3 is 15.2 Å². The molecule has 0 rings (SSSR count). The van der Waals surface area contributed by atoms with Crippen molar-refractivity contribution in [1.29, 1.82) is 0 Å². The van der Waals surface area contributed by atoms with Crippen molar-refractivity contribution in [2.75, 3.05) is 37.8 Å². The van der Waals surface area contributed by atoms with Crippen molar-refractivity contribution in [3.63, 3.8) is 0 Å². The Morgan fingerprint density at radius 3 is 2.75 bits per heavy atom. The topological polar surface area (TPSA) is 41.5 Å². The summed E-state index contributed by atoms with van der Waals surface area (Å²) in [5, 5.41) is 12.9. The number of aliphatic hydroxyl groups excluding tert-OH is 1. The van der Waals surface area contributed by atoms with Crippen molar-refractivity contribution in [2.45, 2.75) is 51.6 Å². The molecule has 0 saturated heterocycles. The van der Waals surface area contributed by atoms with Gasteiger partial charge in [0, 0.05) is 25.4 Å². The van der Waals surface area contributed by atoms with E-state index in [4.69, 9.17) is 11.2 Å². The van der Waals surface area contributed by atoms with Gasteiger partial charge in [0.1, 0.15) is 0 Å². The minimum atomic E-state index is -0.410. The second kappa shape index (κ2) is 16.8. The summed E-state index contributed by atoms with van der Waals surface area (Å²) in [7, 11) is 0. The van der Waals surface area contributed by atoms with Crippen LogP contribution in [-0.2, 0) is 4.74 Å². The van der Waals surface area contributed by atoms with Crippen molar-refractivity contribution < 1.29 is 9.84 Å². The molecule has 2 N–H and O–H groups in total. The van der Waals surface area contributed by atoms with Crippen molar-refractivity contribution in [2.24, 2.45) is 0 Å². The molecule has 3 nitrogen and oxygen atoms in total. The van der Waals surface area contributed by atoms with Crippen molar-refractivity contribution in [3.8, 4) is 12.3 Å². The average molecular weight is 301 g/mol. The van der Waals surface area contributed by atoms with E-state index in [1.807, 2.05) is 0 Å². The van der Waals surface area contributed by atoms with Gasteiger partial charge in [-0.25, -0.2) is 0 Å². The van der Waals surface area contributed by atoms with Crippen LogP contribution in [0.2, 0.25) is 0 Å². The van der Waals surface area contributed by atoms with Crippen LogP contribution >= 0.6 is 11.8 Å². The third kappa shape index (κ3) is 15.8. The molecule has 0 amide bonds. The Morgan fingerprint density at radius 1 is 1.25 bits per heavy atom. The highest BCUT2D eigenvalue weighted by molar-refractivity contribution is 7.99. The van der Waals surface area contributed by atoms with Gasteiger partial charge in [-0.2, -0.15) is 0 Å². The number of aliphatic hydroxyl groups is 1. The van der Waals surface area contributed by atoms with E-state index in [0.717, 1.165) is 31.1 Å². The molecule has 0 fully saturated rings. The summed E-state index contributed by atoms with van der Waals surface area (Å²) in [5.41, 5.74) is 0. The molecule has 0 heterocycles. The van der Waals surface area contributed by atoms with Crippen LogP contribution in [0.5, 0.6) is 0 Å². The van der Waals surface area contributed by atoms with Gasteiger partial charge in [0.15, 0.2) is 0 Å². The Kier molecular flexibility index (Phi) is 16.7. The van der Waals surface area contributed by atoms with Gasteiger partial charge in [-0.3, -0.25) is 0 Å². The second-order valence-corrected chi connectivity index (χ2v) is 6.06. The van der Waals surface area contributed by atoms with Crippen LogP contribution in [-0.4, -0.2) is 49.0 Å². The van der Waals surface area contributed by atoms with Crippen molar-refractivity contribution >= 4 is 11.8 Å². The van der Waals surface area contributed by atoms with Crippen LogP contribution in [0, 0.1) is 12.3 Å². The molecule has 0 saturated carbocycles. The third-order valence-electron chi connectivity index (χ3n) is 2.94. The van der Waals surface area contributed by atoms with Gasteiger partial charge in [0.05, 0.1) is 18.5 Å². The van der Waals surface area contributed by atoms with E-state index >= 15 is 0 Å². The lowest BCUT2D eigenvalue weighted by Gasteiger charge is -2.12. The number of unbranched alkanes of at least 4 members (excludes halogenated alkanes) is 5. The summed E-state index contributed by atoms with van der Waals surface area (Å²) in [6.07, 6.45) is 12.4. The fraction of sp³-hybridized carbons (Fsp3) is 0.875. The fourth-order valence-electron chi connectivity index (χ4n) is 1.81. The molecule has 0 aliphatic carbocycles. The zero-order valence-corrected chi connectivity index (χ0v) is 13.7. The summed E-state index contributed by atoms with van der Waals surface area (Å²) >= 11 is 1.73. The Morgan fingerprint density at radius 2 is 2.00 bits per heavy atom. The Bertz CT molecular complexity index is 231. The van der Waals surface area contributed by atoms with Crippen molar-refractivity contribution in [1.82, 2.24) is 5.32 Å². The van der Waals surface area contributed by atoms with Crippen LogP contribution in [0.1, 0.15) is 45.4 Å². The first-order chi connectivity index (χ1) is 9.81. The molecular formula is C16H31NO2S. The van der Waals surface area contributed by atoms with E-state index in [1.54, 1.807) is 11.8 Å². The number of rotatable bonds is 15. The summed E-state index contributed by atoms with van der Waals surface area (Å²) in [6, 6.07) is 0. The SMILES string of the molecule is C#CCSCCNCC(O)COCCCCCCCC. The van der Waals surface area contributed by atoms with E-state index < -0.39 is 6.10 Å². The molecule has 0 aromatic heterocycles. The molecule has 1 atom stereocenters. The van der Waals surface area contributed by atoms with E-state index in [1.165, 1.54) is 32.1 Å². The highest BCUT2D eigenvalue weighted by Crippen LogP contribution is 2.04. The monoisotopic (exact) mass is 301 g/mol. The maximum Gasteiger partial charge on any atom is 0.0897 e. The van der Waals surface area contributed by atoms with E-state index in [2.05, 4.69) is 18.2 Å². The minimum Gasteiger partial charge on any atom is -0.389 e. The normalized spacial score (nSPS) is 12.2. The summed E-state index contributed by atoms with van der Waals surface area (Å²) in [4.78, 5) is 0. The first kappa shape index (κ1) is 19.8. The molecule has 0 aliphatic rings. The predicted octanol–water partition coefficient (Wildman–Crippen LogP) is 2.68. The summed E-state index contributed by atoms with van der Waals surface area (Å²) in [5.74, 6) is 4.33. The minimum absolute atomic E-state index is 0.410. The maximum absolute atomic E-state index is 9.70. The van der Waals surface area contributed by atoms with E-state index in [0.29, 0.717) is 13.2 Å². The predicted molar refractivity (Wildman–Crippen MR) is 89.2 cm³/mol. The highest BCUT2D eigenvalue weighted by atomic mass is 32.2. The average Bonchev–Trinajstić information content (AvgIpc) is 2.45.